The lowest BCUT2D eigenvalue weighted by atomic mass is 9.90. The van der Waals surface area contributed by atoms with Crippen molar-refractivity contribution >= 4 is 28.1 Å². The summed E-state index contributed by atoms with van der Waals surface area (Å²) in [7, 11) is 1.87. The van der Waals surface area contributed by atoms with Gasteiger partial charge >= 0.3 is 0 Å². The molecule has 1 aliphatic heterocycles. The molecule has 1 saturated heterocycles. The predicted octanol–water partition coefficient (Wildman–Crippen LogP) is 1.02. The van der Waals surface area contributed by atoms with Crippen LogP contribution in [0, 0.1) is 12.8 Å². The molecule has 28 heavy (non-hydrogen) atoms. The van der Waals surface area contributed by atoms with Crippen LogP contribution < -0.4 is 10.6 Å². The number of anilines is 1. The number of hydrogen-bond donors (Lipinski definition) is 1. The summed E-state index contributed by atoms with van der Waals surface area (Å²) >= 11 is 0. The summed E-state index contributed by atoms with van der Waals surface area (Å²) in [6.07, 6.45) is 3.76. The van der Waals surface area contributed by atoms with E-state index in [1.807, 2.05) is 50.6 Å². The normalized spacial score (nSPS) is 19.7. The number of primary amides is 1. The van der Waals surface area contributed by atoms with E-state index in [4.69, 9.17) is 10.8 Å². The highest BCUT2D eigenvalue weighted by molar-refractivity contribution is 6.00. The molecule has 1 amide bonds. The molecular weight excluding hydrogens is 356 g/mol. The maximum atomic E-state index is 12.2. The Bertz CT molecular complexity index is 1210. The molecule has 0 bridgehead atoms. The molecule has 4 heterocycles. The van der Waals surface area contributed by atoms with Gasteiger partial charge in [0.25, 0.3) is 0 Å². The van der Waals surface area contributed by atoms with Gasteiger partial charge in [-0.2, -0.15) is 9.61 Å². The molecule has 0 spiro atoms. The minimum atomic E-state index is -0.304. The van der Waals surface area contributed by atoms with Crippen LogP contribution in [0.15, 0.2) is 36.7 Å². The first-order chi connectivity index (χ1) is 13.5. The van der Waals surface area contributed by atoms with Crippen LogP contribution in [0.2, 0.25) is 0 Å². The van der Waals surface area contributed by atoms with E-state index in [1.54, 1.807) is 9.20 Å². The topological polar surface area (TPSA) is 107 Å². The Morgan fingerprint density at radius 1 is 1.18 bits per heavy atom. The molecule has 1 fully saturated rings. The fraction of sp³-hybridized carbons (Fsp3) is 0.316. The lowest BCUT2D eigenvalue weighted by Crippen LogP contribution is -2.29. The van der Waals surface area contributed by atoms with Gasteiger partial charge in [-0.25, -0.2) is 0 Å². The molecule has 9 nitrogen and oxygen atoms in total. The zero-order valence-electron chi connectivity index (χ0n) is 15.6. The van der Waals surface area contributed by atoms with Crippen LogP contribution in [-0.2, 0) is 11.8 Å². The maximum absolute atomic E-state index is 12.2. The summed E-state index contributed by atoms with van der Waals surface area (Å²) < 4.78 is 3.50. The molecule has 0 aliphatic carbocycles. The summed E-state index contributed by atoms with van der Waals surface area (Å²) in [6, 6.07) is 8.00. The molecule has 4 aromatic rings. The van der Waals surface area contributed by atoms with E-state index in [2.05, 4.69) is 20.2 Å². The van der Waals surface area contributed by atoms with Gasteiger partial charge in [0.05, 0.1) is 12.1 Å². The molecule has 0 saturated carbocycles. The first kappa shape index (κ1) is 16.7. The number of amides is 1. The van der Waals surface area contributed by atoms with Crippen molar-refractivity contribution in [1.82, 2.24) is 29.6 Å². The number of fused-ring (bicyclic) bond motifs is 3. The third-order valence-electron chi connectivity index (χ3n) is 5.54. The number of carbonyl (C=O) groups excluding carboxylic acids is 1. The third-order valence-corrected chi connectivity index (χ3v) is 5.54. The van der Waals surface area contributed by atoms with E-state index < -0.39 is 0 Å². The lowest BCUT2D eigenvalue weighted by Gasteiger charge is -2.19. The van der Waals surface area contributed by atoms with Crippen LogP contribution in [-0.4, -0.2) is 48.6 Å². The fourth-order valence-corrected chi connectivity index (χ4v) is 4.14. The van der Waals surface area contributed by atoms with Crippen molar-refractivity contribution in [2.45, 2.75) is 12.8 Å². The molecule has 1 aliphatic rings. The largest absolute Gasteiger partial charge is 0.369 e. The van der Waals surface area contributed by atoms with Gasteiger partial charge in [0.2, 0.25) is 5.91 Å². The molecule has 2 atom stereocenters. The van der Waals surface area contributed by atoms with Gasteiger partial charge in [-0.15, -0.1) is 15.3 Å². The average Bonchev–Trinajstić information content (AvgIpc) is 3.39. The smallest absolute Gasteiger partial charge is 0.223 e. The summed E-state index contributed by atoms with van der Waals surface area (Å²) in [4.78, 5) is 14.3. The van der Waals surface area contributed by atoms with Crippen molar-refractivity contribution in [3.8, 4) is 0 Å². The molecule has 0 radical (unpaired) electrons. The number of benzene rings is 1. The van der Waals surface area contributed by atoms with Gasteiger partial charge in [0, 0.05) is 43.0 Å². The first-order valence-electron chi connectivity index (χ1n) is 9.16. The first-order valence-corrected chi connectivity index (χ1v) is 9.16. The Morgan fingerprint density at radius 2 is 1.96 bits per heavy atom. The summed E-state index contributed by atoms with van der Waals surface area (Å²) in [5, 5.41) is 19.5. The van der Waals surface area contributed by atoms with Crippen molar-refractivity contribution in [2.24, 2.45) is 18.7 Å². The number of carbonyl (C=O) groups is 1. The maximum Gasteiger partial charge on any atom is 0.223 e. The van der Waals surface area contributed by atoms with E-state index in [1.165, 1.54) is 0 Å². The Labute approximate surface area is 160 Å². The van der Waals surface area contributed by atoms with E-state index in [0.29, 0.717) is 13.1 Å². The van der Waals surface area contributed by atoms with Crippen LogP contribution in [0.3, 0.4) is 0 Å². The second-order valence-electron chi connectivity index (χ2n) is 7.32. The molecule has 2 N–H and O–H groups in total. The Kier molecular flexibility index (Phi) is 3.58. The Balaban J connectivity index is 1.65. The van der Waals surface area contributed by atoms with Crippen molar-refractivity contribution in [3.63, 3.8) is 0 Å². The second kappa shape index (κ2) is 6.01. The summed E-state index contributed by atoms with van der Waals surface area (Å²) in [5.74, 6) is 0.897. The van der Waals surface area contributed by atoms with Gasteiger partial charge in [-0.1, -0.05) is 24.3 Å². The van der Waals surface area contributed by atoms with Gasteiger partial charge in [-0.05, 0) is 12.5 Å². The van der Waals surface area contributed by atoms with Crippen LogP contribution in [0.25, 0.3) is 16.4 Å². The van der Waals surface area contributed by atoms with Crippen LogP contribution in [0.1, 0.15) is 17.3 Å². The SMILES string of the molecule is Cc1nnc2c3ccccc3c(N3C[C@H](C(N)=O)[C@@H](c4cnn(C)c4)C3)nn12. The predicted molar refractivity (Wildman–Crippen MR) is 104 cm³/mol. The van der Waals surface area contributed by atoms with Gasteiger partial charge < -0.3 is 10.6 Å². The fourth-order valence-electron chi connectivity index (χ4n) is 4.14. The number of aryl methyl sites for hydroxylation is 2. The molecule has 5 rings (SSSR count). The Hall–Kier alpha value is -3.49. The van der Waals surface area contributed by atoms with E-state index in [-0.39, 0.29) is 17.7 Å². The van der Waals surface area contributed by atoms with Gasteiger partial charge in [0.1, 0.15) is 0 Å². The van der Waals surface area contributed by atoms with Crippen molar-refractivity contribution < 1.29 is 4.79 Å². The van der Waals surface area contributed by atoms with E-state index >= 15 is 0 Å². The molecule has 0 unspecified atom stereocenters. The van der Waals surface area contributed by atoms with Crippen LogP contribution in [0.4, 0.5) is 5.82 Å². The van der Waals surface area contributed by atoms with Crippen molar-refractivity contribution in [1.29, 1.82) is 0 Å². The van der Waals surface area contributed by atoms with Crippen LogP contribution in [0.5, 0.6) is 0 Å². The van der Waals surface area contributed by atoms with Gasteiger partial charge in [-0.3, -0.25) is 9.48 Å². The molecule has 3 aromatic heterocycles. The lowest BCUT2D eigenvalue weighted by molar-refractivity contribution is -0.121. The molecular formula is C19H20N8O. The minimum absolute atomic E-state index is 0.0236. The minimum Gasteiger partial charge on any atom is -0.369 e. The highest BCUT2D eigenvalue weighted by Gasteiger charge is 2.39. The quantitative estimate of drug-likeness (QED) is 0.572. The second-order valence-corrected chi connectivity index (χ2v) is 7.32. The highest BCUT2D eigenvalue weighted by atomic mass is 16.1. The number of nitrogens with zero attached hydrogens (tertiary/aromatic N) is 7. The van der Waals surface area contributed by atoms with E-state index in [9.17, 15) is 4.79 Å². The molecule has 9 heteroatoms. The molecule has 142 valence electrons. The Morgan fingerprint density at radius 3 is 2.68 bits per heavy atom. The van der Waals surface area contributed by atoms with Crippen molar-refractivity contribution in [2.75, 3.05) is 18.0 Å². The monoisotopic (exact) mass is 376 g/mol. The van der Waals surface area contributed by atoms with E-state index in [0.717, 1.165) is 33.6 Å². The number of rotatable bonds is 3. The standard InChI is InChI=1S/C19H20N8O/c1-11-22-23-18-13-5-3-4-6-14(13)19(24-27(11)18)26-9-15(16(10-26)17(20)28)12-7-21-25(2)8-12/h3-8,15-16H,9-10H2,1-2H3,(H2,20,28)/t15-,16+/m1/s1. The number of hydrogen-bond acceptors (Lipinski definition) is 6. The zero-order valence-corrected chi connectivity index (χ0v) is 15.6. The zero-order chi connectivity index (χ0) is 19.4. The number of aromatic nitrogens is 6. The van der Waals surface area contributed by atoms with Crippen LogP contribution >= 0.6 is 0 Å². The number of nitrogens with two attached hydrogens (primary N) is 1. The summed E-state index contributed by atoms with van der Waals surface area (Å²) in [6.45, 7) is 3.03. The highest BCUT2D eigenvalue weighted by Crippen LogP contribution is 2.37. The van der Waals surface area contributed by atoms with Crippen molar-refractivity contribution in [3.05, 3.63) is 48.0 Å². The molecule has 1 aromatic carbocycles. The van der Waals surface area contributed by atoms with Gasteiger partial charge in [0.15, 0.2) is 17.3 Å². The third kappa shape index (κ3) is 2.43. The average molecular weight is 376 g/mol. The summed E-state index contributed by atoms with van der Waals surface area (Å²) in [5.41, 5.74) is 7.49.